The van der Waals surface area contributed by atoms with Crippen molar-refractivity contribution in [3.63, 3.8) is 0 Å². The zero-order valence-electron chi connectivity index (χ0n) is 8.40. The van der Waals surface area contributed by atoms with Gasteiger partial charge in [0.2, 0.25) is 0 Å². The largest absolute Gasteiger partial charge is 0.376 e. The van der Waals surface area contributed by atoms with Gasteiger partial charge >= 0.3 is 0 Å². The maximum Gasteiger partial charge on any atom is 0.0672 e. The summed E-state index contributed by atoms with van der Waals surface area (Å²) in [6.45, 7) is 10.7. The second kappa shape index (κ2) is 8.30. The van der Waals surface area contributed by atoms with E-state index in [2.05, 4.69) is 11.9 Å². The summed E-state index contributed by atoms with van der Waals surface area (Å²) >= 11 is 5.49. The molecule has 0 spiro atoms. The van der Waals surface area contributed by atoms with Gasteiger partial charge in [-0.3, -0.25) is 0 Å². The van der Waals surface area contributed by atoms with Crippen LogP contribution in [0.15, 0.2) is 23.3 Å². The Labute approximate surface area is 85.6 Å². The van der Waals surface area contributed by atoms with Gasteiger partial charge in [0.25, 0.3) is 0 Å². The van der Waals surface area contributed by atoms with Gasteiger partial charge in [0.1, 0.15) is 0 Å². The molecule has 2 nitrogen and oxygen atoms in total. The molecule has 13 heavy (non-hydrogen) atoms. The molecule has 0 aromatic heterocycles. The zero-order valence-corrected chi connectivity index (χ0v) is 9.16. The molecule has 0 fully saturated rings. The van der Waals surface area contributed by atoms with E-state index in [0.717, 1.165) is 24.2 Å². The van der Waals surface area contributed by atoms with Crippen LogP contribution in [0.5, 0.6) is 0 Å². The van der Waals surface area contributed by atoms with Gasteiger partial charge in [0.05, 0.1) is 13.2 Å². The smallest absolute Gasteiger partial charge is 0.0672 e. The Morgan fingerprint density at radius 2 is 2.23 bits per heavy atom. The minimum absolute atomic E-state index is 0.645. The number of nitrogens with one attached hydrogen (secondary N) is 1. The normalized spacial score (nSPS) is 11.8. The Bertz CT molecular complexity index is 178. The van der Waals surface area contributed by atoms with Crippen molar-refractivity contribution in [2.45, 2.75) is 13.8 Å². The van der Waals surface area contributed by atoms with Crippen LogP contribution in [0.25, 0.3) is 0 Å². The number of ether oxygens (including phenoxy) is 1. The van der Waals surface area contributed by atoms with Crippen LogP contribution in [0.1, 0.15) is 13.8 Å². The summed E-state index contributed by atoms with van der Waals surface area (Å²) in [6.07, 6.45) is 0. The topological polar surface area (TPSA) is 21.3 Å². The monoisotopic (exact) mass is 203 g/mol. The second-order valence-corrected chi connectivity index (χ2v) is 3.36. The van der Waals surface area contributed by atoms with Gasteiger partial charge in [-0.15, -0.1) is 0 Å². The maximum absolute atomic E-state index is 5.49. The van der Waals surface area contributed by atoms with Crippen LogP contribution in [-0.2, 0) is 4.74 Å². The Morgan fingerprint density at radius 3 is 2.77 bits per heavy atom. The first-order valence-electron chi connectivity index (χ1n) is 4.35. The average molecular weight is 204 g/mol. The second-order valence-electron chi connectivity index (χ2n) is 3.14. The summed E-state index contributed by atoms with van der Waals surface area (Å²) in [7, 11) is 0. The Balaban J connectivity index is 3.13. The molecule has 0 unspecified atom stereocenters. The van der Waals surface area contributed by atoms with Gasteiger partial charge in [0.15, 0.2) is 0 Å². The van der Waals surface area contributed by atoms with Gasteiger partial charge in [-0.05, 0) is 19.4 Å². The number of hydrogen-bond donors (Lipinski definition) is 1. The maximum atomic E-state index is 5.49. The molecular weight excluding hydrogens is 186 g/mol. The van der Waals surface area contributed by atoms with Gasteiger partial charge in [-0.25, -0.2) is 0 Å². The van der Waals surface area contributed by atoms with Crippen LogP contribution in [0.3, 0.4) is 0 Å². The molecule has 0 rings (SSSR count). The predicted molar refractivity (Wildman–Crippen MR) is 58.1 cm³/mol. The van der Waals surface area contributed by atoms with Crippen molar-refractivity contribution >= 4 is 11.6 Å². The summed E-state index contributed by atoms with van der Waals surface area (Å²) in [6, 6.07) is 0. The lowest BCUT2D eigenvalue weighted by atomic mass is 10.3. The summed E-state index contributed by atoms with van der Waals surface area (Å²) in [4.78, 5) is 0. The molecule has 0 bridgehead atoms. The van der Waals surface area contributed by atoms with Crippen molar-refractivity contribution in [2.75, 3.05) is 26.3 Å². The molecule has 0 amide bonds. The van der Waals surface area contributed by atoms with E-state index in [0.29, 0.717) is 13.2 Å². The predicted octanol–water partition coefficient (Wildman–Crippen LogP) is 2.31. The first-order chi connectivity index (χ1) is 6.16. The lowest BCUT2D eigenvalue weighted by Gasteiger charge is -2.05. The summed E-state index contributed by atoms with van der Waals surface area (Å²) in [5.74, 6) is 0. The highest BCUT2D eigenvalue weighted by atomic mass is 35.5. The highest BCUT2D eigenvalue weighted by Crippen LogP contribution is 1.91. The fraction of sp³-hybridized carbons (Fsp3) is 0.600. The summed E-state index contributed by atoms with van der Waals surface area (Å²) in [5, 5.41) is 3.20. The van der Waals surface area contributed by atoms with Gasteiger partial charge in [-0.2, -0.15) is 0 Å². The molecular formula is C10H18ClNO. The first kappa shape index (κ1) is 12.7. The molecule has 0 saturated heterocycles. The van der Waals surface area contributed by atoms with Crippen molar-refractivity contribution in [1.29, 1.82) is 0 Å². The van der Waals surface area contributed by atoms with Crippen LogP contribution in [0, 0.1) is 0 Å². The highest BCUT2D eigenvalue weighted by molar-refractivity contribution is 6.25. The third kappa shape index (κ3) is 9.61. The third-order valence-electron chi connectivity index (χ3n) is 1.36. The molecule has 1 N–H and O–H groups in total. The number of rotatable bonds is 7. The quantitative estimate of drug-likeness (QED) is 0.507. The van der Waals surface area contributed by atoms with Crippen LogP contribution in [0.4, 0.5) is 0 Å². The standard InChI is InChI=1S/C10H18ClNO/c1-9(2)8-13-5-4-12-7-10(3)6-11/h6,12H,1,4-5,7-8H2,2-3H3. The van der Waals surface area contributed by atoms with Crippen LogP contribution < -0.4 is 5.32 Å². The van der Waals surface area contributed by atoms with E-state index >= 15 is 0 Å². The molecule has 0 radical (unpaired) electrons. The average Bonchev–Trinajstić information content (AvgIpc) is 2.10. The first-order valence-corrected chi connectivity index (χ1v) is 4.79. The van der Waals surface area contributed by atoms with Crippen molar-refractivity contribution < 1.29 is 4.74 Å². The van der Waals surface area contributed by atoms with Crippen LogP contribution in [-0.4, -0.2) is 26.3 Å². The molecule has 0 aromatic rings. The summed E-state index contributed by atoms with van der Waals surface area (Å²) in [5.41, 5.74) is 3.76. The van der Waals surface area contributed by atoms with Gasteiger partial charge < -0.3 is 10.1 Å². The van der Waals surface area contributed by atoms with E-state index in [1.54, 1.807) is 5.54 Å². The lowest BCUT2D eigenvalue weighted by molar-refractivity contribution is 0.158. The van der Waals surface area contributed by atoms with E-state index in [9.17, 15) is 0 Å². The van der Waals surface area contributed by atoms with Crippen molar-refractivity contribution in [3.8, 4) is 0 Å². The number of halogens is 1. The molecule has 3 heteroatoms. The fourth-order valence-electron chi connectivity index (χ4n) is 0.715. The molecule has 0 aromatic carbocycles. The highest BCUT2D eigenvalue weighted by Gasteiger charge is 1.90. The van der Waals surface area contributed by atoms with Gasteiger partial charge in [0, 0.05) is 18.6 Å². The molecule has 0 aliphatic heterocycles. The Hall–Kier alpha value is -0.310. The van der Waals surface area contributed by atoms with Crippen LogP contribution >= 0.6 is 11.6 Å². The molecule has 76 valence electrons. The van der Waals surface area contributed by atoms with Gasteiger partial charge in [-0.1, -0.05) is 23.8 Å². The lowest BCUT2D eigenvalue weighted by Crippen LogP contribution is -2.21. The van der Waals surface area contributed by atoms with E-state index in [1.165, 1.54) is 0 Å². The van der Waals surface area contributed by atoms with E-state index in [4.69, 9.17) is 16.3 Å². The van der Waals surface area contributed by atoms with Crippen molar-refractivity contribution in [3.05, 3.63) is 23.3 Å². The SMILES string of the molecule is C=C(C)COCCNCC(C)=CCl. The van der Waals surface area contributed by atoms with E-state index in [1.807, 2.05) is 13.8 Å². The van der Waals surface area contributed by atoms with Crippen molar-refractivity contribution in [1.82, 2.24) is 5.32 Å². The molecule has 0 saturated carbocycles. The summed E-state index contributed by atoms with van der Waals surface area (Å²) < 4.78 is 5.30. The fourth-order valence-corrected chi connectivity index (χ4v) is 0.792. The molecule has 0 aliphatic rings. The Kier molecular flexibility index (Phi) is 8.10. The van der Waals surface area contributed by atoms with E-state index < -0.39 is 0 Å². The zero-order chi connectivity index (χ0) is 10.1. The van der Waals surface area contributed by atoms with Crippen molar-refractivity contribution in [2.24, 2.45) is 0 Å². The van der Waals surface area contributed by atoms with E-state index in [-0.39, 0.29) is 0 Å². The minimum atomic E-state index is 0.645. The minimum Gasteiger partial charge on any atom is -0.376 e. The molecule has 0 atom stereocenters. The number of hydrogen-bond acceptors (Lipinski definition) is 2. The van der Waals surface area contributed by atoms with Crippen LogP contribution in [0.2, 0.25) is 0 Å². The molecule has 0 heterocycles. The Morgan fingerprint density at radius 1 is 1.54 bits per heavy atom. The third-order valence-corrected chi connectivity index (χ3v) is 1.73. The molecule has 0 aliphatic carbocycles.